The van der Waals surface area contributed by atoms with Crippen LogP contribution in [0.5, 0.6) is 5.75 Å². The highest BCUT2D eigenvalue weighted by molar-refractivity contribution is 14.0. The number of guanidine groups is 1. The molecule has 2 aliphatic heterocycles. The number of piperidine rings is 1. The molecule has 8 heteroatoms. The highest BCUT2D eigenvalue weighted by Crippen LogP contribution is 2.18. The maximum Gasteiger partial charge on any atom is 0.191 e. The van der Waals surface area contributed by atoms with Crippen molar-refractivity contribution in [1.29, 1.82) is 0 Å². The molecule has 0 radical (unpaired) electrons. The first kappa shape index (κ1) is 26.2. The van der Waals surface area contributed by atoms with Crippen molar-refractivity contribution in [3.05, 3.63) is 29.8 Å². The summed E-state index contributed by atoms with van der Waals surface area (Å²) in [5.74, 6) is 1.81. The molecule has 0 atom stereocenters. The molecule has 0 unspecified atom stereocenters. The summed E-state index contributed by atoms with van der Waals surface area (Å²) in [6.45, 7) is 11.8. The van der Waals surface area contributed by atoms with Crippen LogP contribution in [-0.4, -0.2) is 87.9 Å². The Labute approximate surface area is 205 Å². The van der Waals surface area contributed by atoms with E-state index in [-0.39, 0.29) is 24.0 Å². The van der Waals surface area contributed by atoms with E-state index in [0.29, 0.717) is 19.2 Å². The van der Waals surface area contributed by atoms with Gasteiger partial charge >= 0.3 is 0 Å². The van der Waals surface area contributed by atoms with Gasteiger partial charge in [-0.05, 0) is 31.9 Å². The van der Waals surface area contributed by atoms with Crippen LogP contribution in [0.15, 0.2) is 29.3 Å². The Bertz CT molecular complexity index is 647. The number of benzene rings is 1. The Morgan fingerprint density at radius 2 is 1.81 bits per heavy atom. The number of hydrogen-bond donors (Lipinski definition) is 2. The molecule has 2 heterocycles. The zero-order valence-corrected chi connectivity index (χ0v) is 21.5. The molecule has 1 aromatic rings. The van der Waals surface area contributed by atoms with Crippen molar-refractivity contribution in [2.45, 2.75) is 38.8 Å². The Kier molecular flexibility index (Phi) is 12.5. The lowest BCUT2D eigenvalue weighted by molar-refractivity contribution is 0.0322. The van der Waals surface area contributed by atoms with Crippen molar-refractivity contribution < 1.29 is 9.47 Å². The van der Waals surface area contributed by atoms with Gasteiger partial charge in [0.1, 0.15) is 12.4 Å². The highest BCUT2D eigenvalue weighted by atomic mass is 127. The molecule has 0 aliphatic carbocycles. The number of ether oxygens (including phenoxy) is 2. The zero-order valence-electron chi connectivity index (χ0n) is 19.1. The van der Waals surface area contributed by atoms with E-state index < -0.39 is 0 Å². The van der Waals surface area contributed by atoms with Gasteiger partial charge in [-0.3, -0.25) is 9.89 Å². The second-order valence-electron chi connectivity index (χ2n) is 8.10. The molecule has 0 aromatic heterocycles. The number of rotatable bonds is 9. The largest absolute Gasteiger partial charge is 0.492 e. The smallest absolute Gasteiger partial charge is 0.191 e. The van der Waals surface area contributed by atoms with Crippen LogP contribution in [0.3, 0.4) is 0 Å². The first-order valence-corrected chi connectivity index (χ1v) is 11.5. The summed E-state index contributed by atoms with van der Waals surface area (Å²) in [4.78, 5) is 9.37. The lowest BCUT2D eigenvalue weighted by Crippen LogP contribution is -2.48. The van der Waals surface area contributed by atoms with Gasteiger partial charge in [-0.2, -0.15) is 0 Å². The van der Waals surface area contributed by atoms with Crippen molar-refractivity contribution in [1.82, 2.24) is 20.4 Å². The fraction of sp³-hybridized carbons (Fsp3) is 0.696. The molecule has 2 fully saturated rings. The van der Waals surface area contributed by atoms with Gasteiger partial charge in [0, 0.05) is 57.9 Å². The minimum absolute atomic E-state index is 0. The summed E-state index contributed by atoms with van der Waals surface area (Å²) >= 11 is 0. The average Bonchev–Trinajstić information content (AvgIpc) is 2.79. The highest BCUT2D eigenvalue weighted by Gasteiger charge is 2.19. The van der Waals surface area contributed by atoms with Crippen molar-refractivity contribution in [2.75, 3.05) is 66.1 Å². The number of hydrogen-bond acceptors (Lipinski definition) is 5. The second-order valence-corrected chi connectivity index (χ2v) is 8.10. The minimum atomic E-state index is 0. The van der Waals surface area contributed by atoms with Gasteiger partial charge in [0.05, 0.1) is 13.2 Å². The predicted molar refractivity (Wildman–Crippen MR) is 138 cm³/mol. The number of nitrogens with one attached hydrogen (secondary N) is 2. The molecular weight excluding hydrogens is 505 g/mol. The van der Waals surface area contributed by atoms with Crippen molar-refractivity contribution in [2.24, 2.45) is 4.99 Å². The standard InChI is InChI=1S/C23H39N5O2.HI/c1-3-10-27-11-8-21(9-12-27)26-23(24-2)25-19-20-6-4-5-7-22(20)30-18-15-28-13-16-29-17-14-28;/h4-7,21H,3,8-19H2,1-2H3,(H2,24,25,26);1H. The number of aliphatic imine (C=N–C) groups is 1. The summed E-state index contributed by atoms with van der Waals surface area (Å²) < 4.78 is 11.5. The van der Waals surface area contributed by atoms with Gasteiger partial charge in [0.2, 0.25) is 0 Å². The Morgan fingerprint density at radius 3 is 2.52 bits per heavy atom. The number of likely N-dealkylation sites (tertiary alicyclic amines) is 1. The topological polar surface area (TPSA) is 61.4 Å². The van der Waals surface area contributed by atoms with E-state index in [1.165, 1.54) is 38.9 Å². The van der Waals surface area contributed by atoms with Gasteiger partial charge in [0.25, 0.3) is 0 Å². The third-order valence-electron chi connectivity index (χ3n) is 5.88. The normalized spacial score (nSPS) is 19.0. The maximum atomic E-state index is 6.10. The lowest BCUT2D eigenvalue weighted by Gasteiger charge is -2.32. The third-order valence-corrected chi connectivity index (χ3v) is 5.88. The molecule has 7 nitrogen and oxygen atoms in total. The monoisotopic (exact) mass is 545 g/mol. The molecule has 176 valence electrons. The molecule has 31 heavy (non-hydrogen) atoms. The van der Waals surface area contributed by atoms with Crippen LogP contribution in [0.4, 0.5) is 0 Å². The van der Waals surface area contributed by atoms with E-state index in [9.17, 15) is 0 Å². The summed E-state index contributed by atoms with van der Waals surface area (Å²) in [7, 11) is 1.84. The van der Waals surface area contributed by atoms with Crippen LogP contribution >= 0.6 is 24.0 Å². The van der Waals surface area contributed by atoms with E-state index in [0.717, 1.165) is 50.1 Å². The fourth-order valence-electron chi connectivity index (χ4n) is 4.08. The zero-order chi connectivity index (χ0) is 21.0. The fourth-order valence-corrected chi connectivity index (χ4v) is 4.08. The van der Waals surface area contributed by atoms with Crippen LogP contribution in [0.1, 0.15) is 31.7 Å². The SMILES string of the molecule is CCCN1CCC(NC(=NC)NCc2ccccc2OCCN2CCOCC2)CC1.I. The first-order valence-electron chi connectivity index (χ1n) is 11.5. The number of morpholine rings is 1. The predicted octanol–water partition coefficient (Wildman–Crippen LogP) is 2.56. The second kappa shape index (κ2) is 14.9. The van der Waals surface area contributed by atoms with Crippen LogP contribution in [-0.2, 0) is 11.3 Å². The third kappa shape index (κ3) is 9.11. The molecule has 2 saturated heterocycles. The Morgan fingerprint density at radius 1 is 1.10 bits per heavy atom. The number of para-hydroxylation sites is 1. The Hall–Kier alpha value is -1.10. The molecule has 3 rings (SSSR count). The van der Waals surface area contributed by atoms with Gasteiger partial charge in [0.15, 0.2) is 5.96 Å². The molecule has 0 bridgehead atoms. The van der Waals surface area contributed by atoms with Crippen molar-refractivity contribution in [3.63, 3.8) is 0 Å². The Balaban J connectivity index is 0.00000341. The molecule has 2 aliphatic rings. The van der Waals surface area contributed by atoms with E-state index in [4.69, 9.17) is 9.47 Å². The van der Waals surface area contributed by atoms with Crippen LogP contribution in [0.25, 0.3) is 0 Å². The molecule has 0 saturated carbocycles. The number of nitrogens with zero attached hydrogens (tertiary/aromatic N) is 3. The van der Waals surface area contributed by atoms with Crippen LogP contribution < -0.4 is 15.4 Å². The molecule has 1 aromatic carbocycles. The molecular formula is C23H40IN5O2. The maximum absolute atomic E-state index is 6.10. The lowest BCUT2D eigenvalue weighted by atomic mass is 10.1. The average molecular weight is 546 g/mol. The molecule has 2 N–H and O–H groups in total. The van der Waals surface area contributed by atoms with E-state index >= 15 is 0 Å². The first-order chi connectivity index (χ1) is 14.8. The minimum Gasteiger partial charge on any atom is -0.492 e. The summed E-state index contributed by atoms with van der Waals surface area (Å²) in [6, 6.07) is 8.75. The van der Waals surface area contributed by atoms with Gasteiger partial charge in [-0.25, -0.2) is 0 Å². The molecule has 0 spiro atoms. The molecule has 0 amide bonds. The summed E-state index contributed by atoms with van der Waals surface area (Å²) in [5, 5.41) is 7.06. The van der Waals surface area contributed by atoms with E-state index in [2.05, 4.69) is 50.5 Å². The summed E-state index contributed by atoms with van der Waals surface area (Å²) in [5.41, 5.74) is 1.15. The van der Waals surface area contributed by atoms with Gasteiger partial charge in [-0.1, -0.05) is 25.1 Å². The van der Waals surface area contributed by atoms with Gasteiger partial charge in [-0.15, -0.1) is 24.0 Å². The van der Waals surface area contributed by atoms with Crippen LogP contribution in [0.2, 0.25) is 0 Å². The van der Waals surface area contributed by atoms with E-state index in [1.807, 2.05) is 13.1 Å². The van der Waals surface area contributed by atoms with Crippen LogP contribution in [0, 0.1) is 0 Å². The quantitative estimate of drug-likeness (QED) is 0.283. The van der Waals surface area contributed by atoms with Crippen molar-refractivity contribution in [3.8, 4) is 5.75 Å². The van der Waals surface area contributed by atoms with Gasteiger partial charge < -0.3 is 25.0 Å². The van der Waals surface area contributed by atoms with Crippen molar-refractivity contribution >= 4 is 29.9 Å². The summed E-state index contributed by atoms with van der Waals surface area (Å²) in [6.07, 6.45) is 3.57. The number of halogens is 1. The van der Waals surface area contributed by atoms with E-state index in [1.54, 1.807) is 0 Å².